The molecule has 2 saturated carbocycles. The number of ether oxygens (including phenoxy) is 2. The van der Waals surface area contributed by atoms with Crippen LogP contribution >= 0.6 is 0 Å². The molecular weight excluding hydrogens is 717 g/mol. The van der Waals surface area contributed by atoms with E-state index in [9.17, 15) is 18.0 Å². The van der Waals surface area contributed by atoms with Gasteiger partial charge in [0.25, 0.3) is 5.91 Å². The van der Waals surface area contributed by atoms with Crippen LogP contribution in [0.25, 0.3) is 22.2 Å². The molecule has 0 bridgehead atoms. The van der Waals surface area contributed by atoms with Gasteiger partial charge in [-0.05, 0) is 120 Å². The Labute approximate surface area is 325 Å². The number of rotatable bonds is 7. The molecule has 2 aromatic carbocycles. The molecule has 8 rings (SSSR count). The van der Waals surface area contributed by atoms with Gasteiger partial charge < -0.3 is 23.8 Å². The molecule has 1 N–H and O–H groups in total. The van der Waals surface area contributed by atoms with Gasteiger partial charge >= 0.3 is 6.09 Å². The Balaban J connectivity index is 1.19. The zero-order chi connectivity index (χ0) is 38.9. The van der Waals surface area contributed by atoms with E-state index in [0.29, 0.717) is 57.8 Å². The molecule has 1 spiro atoms. The fourth-order valence-corrected chi connectivity index (χ4v) is 11.5. The summed E-state index contributed by atoms with van der Waals surface area (Å²) in [4.78, 5) is 45.9. The summed E-state index contributed by atoms with van der Waals surface area (Å²) in [6.45, 7) is 9.72. The molecule has 1 aromatic heterocycles. The number of carbonyl (C=O) groups excluding carboxylic acids is 3. The Morgan fingerprint density at radius 2 is 1.69 bits per heavy atom. The summed E-state index contributed by atoms with van der Waals surface area (Å²) in [6.07, 6.45) is 9.74. The minimum atomic E-state index is -3.77. The summed E-state index contributed by atoms with van der Waals surface area (Å²) in [5.74, 6) is 0.434. The van der Waals surface area contributed by atoms with Crippen LogP contribution in [0.15, 0.2) is 36.4 Å². The SMILES string of the molecule is CCCS(=O)(=O)NC(=O)c1ccc2c(C3CCCCC3)c3n(c2c1)CC1(C(=O)N2CCC4(CCCN4C(=O)OC(C)(C)C)CC2)CC1c1cc(OC)ccc1-3. The second-order valence-corrected chi connectivity index (χ2v) is 19.6. The van der Waals surface area contributed by atoms with Crippen LogP contribution < -0.4 is 9.46 Å². The molecule has 296 valence electrons. The highest BCUT2D eigenvalue weighted by Gasteiger charge is 2.64. The van der Waals surface area contributed by atoms with Crippen LogP contribution in [-0.2, 0) is 26.1 Å². The molecule has 3 aromatic rings. The molecule has 11 nitrogen and oxygen atoms in total. The predicted molar refractivity (Wildman–Crippen MR) is 212 cm³/mol. The summed E-state index contributed by atoms with van der Waals surface area (Å²) in [6, 6.07) is 11.8. The first kappa shape index (κ1) is 37.8. The second-order valence-electron chi connectivity index (χ2n) is 17.8. The lowest BCUT2D eigenvalue weighted by atomic mass is 9.81. The number of sulfonamides is 1. The van der Waals surface area contributed by atoms with Crippen LogP contribution in [0, 0.1) is 5.41 Å². The number of nitrogens with zero attached hydrogens (tertiary/aromatic N) is 3. The van der Waals surface area contributed by atoms with Crippen LogP contribution in [0.3, 0.4) is 0 Å². The van der Waals surface area contributed by atoms with Crippen molar-refractivity contribution >= 4 is 38.8 Å². The van der Waals surface area contributed by atoms with Gasteiger partial charge in [0.1, 0.15) is 11.4 Å². The van der Waals surface area contributed by atoms with Gasteiger partial charge in [0.05, 0.1) is 24.0 Å². The number of piperidine rings is 1. The van der Waals surface area contributed by atoms with Crippen LogP contribution in [-0.4, -0.2) is 84.3 Å². The molecule has 2 aliphatic carbocycles. The molecule has 55 heavy (non-hydrogen) atoms. The summed E-state index contributed by atoms with van der Waals surface area (Å²) in [5, 5.41) is 1.06. The molecule has 3 aliphatic heterocycles. The van der Waals surface area contributed by atoms with E-state index in [1.807, 2.05) is 48.8 Å². The Kier molecular flexibility index (Phi) is 9.53. The normalized spacial score (nSPS) is 23.5. The van der Waals surface area contributed by atoms with Crippen LogP contribution in [0.5, 0.6) is 5.75 Å². The zero-order valence-electron chi connectivity index (χ0n) is 33.0. The van der Waals surface area contributed by atoms with Gasteiger partial charge in [-0.15, -0.1) is 0 Å². The van der Waals surface area contributed by atoms with Crippen molar-refractivity contribution < 1.29 is 32.3 Å². The van der Waals surface area contributed by atoms with Crippen LogP contribution in [0.1, 0.15) is 132 Å². The highest BCUT2D eigenvalue weighted by Crippen LogP contribution is 2.66. The van der Waals surface area contributed by atoms with E-state index in [1.54, 1.807) is 20.1 Å². The Hall–Kier alpha value is -4.06. The third kappa shape index (κ3) is 6.69. The van der Waals surface area contributed by atoms with Crippen molar-refractivity contribution in [3.63, 3.8) is 0 Å². The summed E-state index contributed by atoms with van der Waals surface area (Å²) in [5.41, 5.74) is 4.14. The smallest absolute Gasteiger partial charge is 0.410 e. The lowest BCUT2D eigenvalue weighted by molar-refractivity contribution is -0.140. The number of fused-ring (bicyclic) bond motifs is 7. The van der Waals surface area contributed by atoms with Crippen molar-refractivity contribution in [2.45, 2.75) is 128 Å². The van der Waals surface area contributed by atoms with Gasteiger partial charge in [-0.3, -0.25) is 9.59 Å². The van der Waals surface area contributed by atoms with Gasteiger partial charge in [0, 0.05) is 59.7 Å². The number of hydrogen-bond acceptors (Lipinski definition) is 7. The van der Waals surface area contributed by atoms with E-state index in [2.05, 4.69) is 21.4 Å². The number of amides is 3. The standard InChI is InChI=1S/C43H56N4O7S/c1-6-23-55(51,52)44-38(48)29-13-15-32-35(24-29)46-27-43(39(49)45-21-18-42(19-22-45)17-10-20-47(42)40(50)54-41(2,3)4)26-34(43)33-25-30(53-5)14-16-31(33)37(46)36(32)28-11-8-7-9-12-28/h13-16,24-25,28,34H,6-12,17-23,26-27H2,1-5H3,(H,44,48). The maximum atomic E-state index is 15.1. The van der Waals surface area contributed by atoms with Crippen LogP contribution in [0.4, 0.5) is 4.79 Å². The van der Waals surface area contributed by atoms with Crippen LogP contribution in [0.2, 0.25) is 0 Å². The highest BCUT2D eigenvalue weighted by molar-refractivity contribution is 7.90. The van der Waals surface area contributed by atoms with E-state index < -0.39 is 26.9 Å². The molecule has 2 unspecified atom stereocenters. The molecule has 2 saturated heterocycles. The predicted octanol–water partition coefficient (Wildman–Crippen LogP) is 7.71. The number of benzene rings is 2. The highest BCUT2D eigenvalue weighted by atomic mass is 32.2. The third-order valence-corrected chi connectivity index (χ3v) is 14.6. The van der Waals surface area contributed by atoms with Crippen molar-refractivity contribution in [1.82, 2.24) is 19.1 Å². The van der Waals surface area contributed by atoms with Gasteiger partial charge in [-0.25, -0.2) is 17.9 Å². The van der Waals surface area contributed by atoms with E-state index >= 15 is 4.79 Å². The van der Waals surface area contributed by atoms with Crippen molar-refractivity contribution in [3.8, 4) is 17.0 Å². The van der Waals surface area contributed by atoms with Crippen molar-refractivity contribution in [2.75, 3.05) is 32.5 Å². The fourth-order valence-electron chi connectivity index (χ4n) is 10.4. The Morgan fingerprint density at radius 3 is 2.38 bits per heavy atom. The van der Waals surface area contributed by atoms with E-state index in [0.717, 1.165) is 72.0 Å². The first-order chi connectivity index (χ1) is 26.2. The quantitative estimate of drug-likeness (QED) is 0.261. The van der Waals surface area contributed by atoms with Gasteiger partial charge in [-0.1, -0.05) is 32.3 Å². The third-order valence-electron chi connectivity index (χ3n) is 13.1. The van der Waals surface area contributed by atoms with E-state index in [4.69, 9.17) is 9.47 Å². The van der Waals surface area contributed by atoms with Gasteiger partial charge in [-0.2, -0.15) is 0 Å². The summed E-state index contributed by atoms with van der Waals surface area (Å²) < 4.78 is 41.4. The molecular formula is C43H56N4O7S. The van der Waals surface area contributed by atoms with Crippen molar-refractivity contribution in [2.24, 2.45) is 5.41 Å². The average Bonchev–Trinajstić information content (AvgIpc) is 3.64. The first-order valence-corrected chi connectivity index (χ1v) is 22.0. The minimum Gasteiger partial charge on any atom is -0.497 e. The van der Waals surface area contributed by atoms with Crippen molar-refractivity contribution in [3.05, 3.63) is 53.1 Å². The molecule has 12 heteroatoms. The molecule has 4 fully saturated rings. The number of methoxy groups -OCH3 is 1. The average molecular weight is 773 g/mol. The first-order valence-electron chi connectivity index (χ1n) is 20.4. The topological polar surface area (TPSA) is 127 Å². The molecule has 4 heterocycles. The van der Waals surface area contributed by atoms with Gasteiger partial charge in [0.2, 0.25) is 15.9 Å². The molecule has 2 atom stereocenters. The maximum absolute atomic E-state index is 15.1. The Morgan fingerprint density at radius 1 is 0.945 bits per heavy atom. The maximum Gasteiger partial charge on any atom is 0.410 e. The molecule has 3 amide bonds. The lowest BCUT2D eigenvalue weighted by Crippen LogP contribution is -2.56. The van der Waals surface area contributed by atoms with E-state index in [1.165, 1.54) is 12.0 Å². The van der Waals surface area contributed by atoms with Crippen molar-refractivity contribution in [1.29, 1.82) is 0 Å². The minimum absolute atomic E-state index is 0.00875. The lowest BCUT2D eigenvalue weighted by Gasteiger charge is -2.45. The number of aromatic nitrogens is 1. The number of carbonyl (C=O) groups is 3. The largest absolute Gasteiger partial charge is 0.497 e. The molecule has 5 aliphatic rings. The Bertz CT molecular complexity index is 2140. The zero-order valence-corrected chi connectivity index (χ0v) is 33.9. The number of nitrogens with one attached hydrogen (secondary N) is 1. The summed E-state index contributed by atoms with van der Waals surface area (Å²) >= 11 is 0. The number of likely N-dealkylation sites (tertiary alicyclic amines) is 2. The summed E-state index contributed by atoms with van der Waals surface area (Å²) in [7, 11) is -2.10. The molecule has 0 radical (unpaired) electrons. The number of hydrogen-bond donors (Lipinski definition) is 1. The fraction of sp³-hybridized carbons (Fsp3) is 0.605. The van der Waals surface area contributed by atoms with E-state index in [-0.39, 0.29) is 34.8 Å². The second kappa shape index (κ2) is 13.8. The van der Waals surface area contributed by atoms with Gasteiger partial charge in [0.15, 0.2) is 0 Å². The monoisotopic (exact) mass is 772 g/mol.